The monoisotopic (exact) mass is 375 g/mol. The predicted octanol–water partition coefficient (Wildman–Crippen LogP) is 0.860. The largest absolute Gasteiger partial charge is 0.480 e. The summed E-state index contributed by atoms with van der Waals surface area (Å²) in [5.74, 6) is -2.42. The molecule has 11 heteroatoms. The number of carboxylic acid groups (broad SMARTS) is 1. The Balaban J connectivity index is 2.77. The summed E-state index contributed by atoms with van der Waals surface area (Å²) in [6.45, 7) is -0.726. The molecule has 0 aliphatic heterocycles. The highest BCUT2D eigenvalue weighted by Crippen LogP contribution is 2.28. The Morgan fingerprint density at radius 3 is 2.33 bits per heavy atom. The third-order valence-electron chi connectivity index (χ3n) is 3.12. The lowest BCUT2D eigenvalue weighted by Gasteiger charge is -2.13. The lowest BCUT2D eigenvalue weighted by Crippen LogP contribution is -2.43. The Hall–Kier alpha value is -2.46. The SMILES string of the molecule is Cn1c(=S)n(C)c(=O)n(-c2cc(OCC(=O)O)c(Cl)cc2F)c1=O. The average Bonchev–Trinajstić information content (AvgIpc) is 2.52. The number of halogens is 2. The Kier molecular flexibility index (Phi) is 4.90. The quantitative estimate of drug-likeness (QED) is 0.796. The second-order valence-electron chi connectivity index (χ2n) is 4.72. The first-order chi connectivity index (χ1) is 11.1. The maximum Gasteiger partial charge on any atom is 0.341 e. The number of aliphatic carboxylic acids is 1. The first kappa shape index (κ1) is 17.9. The normalized spacial score (nSPS) is 10.7. The van der Waals surface area contributed by atoms with Gasteiger partial charge in [-0.3, -0.25) is 9.13 Å². The number of carbonyl (C=O) groups is 1. The predicted molar refractivity (Wildman–Crippen MR) is 85.2 cm³/mol. The van der Waals surface area contributed by atoms with Crippen molar-refractivity contribution in [2.24, 2.45) is 14.1 Å². The van der Waals surface area contributed by atoms with E-state index in [0.29, 0.717) is 4.57 Å². The van der Waals surface area contributed by atoms with E-state index in [1.54, 1.807) is 0 Å². The molecule has 128 valence electrons. The van der Waals surface area contributed by atoms with Crippen LogP contribution in [0.4, 0.5) is 4.39 Å². The molecular formula is C13H11ClFN3O5S. The van der Waals surface area contributed by atoms with Gasteiger partial charge in [0.1, 0.15) is 11.6 Å². The summed E-state index contributed by atoms with van der Waals surface area (Å²) in [6.07, 6.45) is 0. The Bertz CT molecular complexity index is 970. The maximum absolute atomic E-state index is 14.2. The molecule has 0 radical (unpaired) electrons. The number of benzene rings is 1. The van der Waals surface area contributed by atoms with Gasteiger partial charge in [0.2, 0.25) is 0 Å². The Morgan fingerprint density at radius 2 is 1.83 bits per heavy atom. The molecule has 2 aromatic rings. The van der Waals surface area contributed by atoms with Crippen molar-refractivity contribution in [2.45, 2.75) is 0 Å². The molecule has 1 heterocycles. The fraction of sp³-hybridized carbons (Fsp3) is 0.231. The van der Waals surface area contributed by atoms with Gasteiger partial charge in [0.05, 0.1) is 10.7 Å². The molecule has 0 saturated heterocycles. The molecule has 0 aliphatic rings. The van der Waals surface area contributed by atoms with Crippen LogP contribution in [0, 0.1) is 10.6 Å². The molecule has 0 bridgehead atoms. The van der Waals surface area contributed by atoms with Gasteiger partial charge in [-0.15, -0.1) is 0 Å². The van der Waals surface area contributed by atoms with Crippen LogP contribution in [0.3, 0.4) is 0 Å². The van der Waals surface area contributed by atoms with Crippen LogP contribution < -0.4 is 16.1 Å². The Morgan fingerprint density at radius 1 is 1.29 bits per heavy atom. The Labute approximate surface area is 143 Å². The minimum atomic E-state index is -1.27. The summed E-state index contributed by atoms with van der Waals surface area (Å²) in [6, 6.07) is 1.80. The summed E-state index contributed by atoms with van der Waals surface area (Å²) >= 11 is 10.7. The number of nitrogens with zero attached hydrogens (tertiary/aromatic N) is 3. The van der Waals surface area contributed by atoms with E-state index in [1.165, 1.54) is 14.1 Å². The number of hydrogen-bond acceptors (Lipinski definition) is 5. The number of ether oxygens (including phenoxy) is 1. The van der Waals surface area contributed by atoms with E-state index >= 15 is 0 Å². The van der Waals surface area contributed by atoms with Crippen LogP contribution in [0.2, 0.25) is 5.02 Å². The van der Waals surface area contributed by atoms with E-state index in [-0.39, 0.29) is 15.5 Å². The van der Waals surface area contributed by atoms with E-state index in [0.717, 1.165) is 21.3 Å². The zero-order valence-corrected chi connectivity index (χ0v) is 14.0. The van der Waals surface area contributed by atoms with Crippen LogP contribution in [0.15, 0.2) is 21.7 Å². The lowest BCUT2D eigenvalue weighted by molar-refractivity contribution is -0.139. The van der Waals surface area contributed by atoms with Crippen LogP contribution in [-0.4, -0.2) is 31.4 Å². The van der Waals surface area contributed by atoms with Gasteiger partial charge in [-0.05, 0) is 18.3 Å². The summed E-state index contributed by atoms with van der Waals surface area (Å²) < 4.78 is 21.7. The molecule has 0 aliphatic carbocycles. The summed E-state index contributed by atoms with van der Waals surface area (Å²) in [5, 5.41) is 8.43. The van der Waals surface area contributed by atoms with Crippen molar-refractivity contribution in [1.29, 1.82) is 0 Å². The zero-order valence-electron chi connectivity index (χ0n) is 12.4. The standard InChI is InChI=1S/C13H11ClFN3O5S/c1-16-11(21)18(12(22)17(2)13(16)24)8-4-9(23-5-10(19)20)6(14)3-7(8)15/h3-4H,5H2,1-2H3,(H,19,20). The van der Waals surface area contributed by atoms with Gasteiger partial charge < -0.3 is 9.84 Å². The summed E-state index contributed by atoms with van der Waals surface area (Å²) in [7, 11) is 2.66. The number of rotatable bonds is 4. The second-order valence-corrected chi connectivity index (χ2v) is 5.49. The van der Waals surface area contributed by atoms with E-state index in [1.807, 2.05) is 0 Å². The summed E-state index contributed by atoms with van der Waals surface area (Å²) in [5.41, 5.74) is -2.17. The fourth-order valence-electron chi connectivity index (χ4n) is 1.92. The molecule has 0 atom stereocenters. The van der Waals surface area contributed by atoms with Crippen molar-refractivity contribution >= 4 is 29.8 Å². The fourth-order valence-corrected chi connectivity index (χ4v) is 2.28. The molecule has 0 spiro atoms. The third kappa shape index (κ3) is 3.10. The van der Waals surface area contributed by atoms with Crippen LogP contribution >= 0.6 is 23.8 Å². The van der Waals surface area contributed by atoms with Crippen molar-refractivity contribution < 1.29 is 19.0 Å². The smallest absolute Gasteiger partial charge is 0.341 e. The minimum Gasteiger partial charge on any atom is -0.480 e. The highest BCUT2D eigenvalue weighted by molar-refractivity contribution is 7.71. The molecule has 2 rings (SSSR count). The van der Waals surface area contributed by atoms with E-state index < -0.39 is 35.5 Å². The van der Waals surface area contributed by atoms with Gasteiger partial charge in [0.15, 0.2) is 11.4 Å². The van der Waals surface area contributed by atoms with Gasteiger partial charge in [0, 0.05) is 20.2 Å². The van der Waals surface area contributed by atoms with E-state index in [2.05, 4.69) is 0 Å². The zero-order chi connectivity index (χ0) is 18.2. The molecule has 0 fully saturated rings. The van der Waals surface area contributed by atoms with Crippen molar-refractivity contribution in [1.82, 2.24) is 13.7 Å². The highest BCUT2D eigenvalue weighted by atomic mass is 35.5. The van der Waals surface area contributed by atoms with Crippen molar-refractivity contribution in [2.75, 3.05) is 6.61 Å². The topological polar surface area (TPSA) is 95.5 Å². The molecule has 0 saturated carbocycles. The lowest BCUT2D eigenvalue weighted by atomic mass is 10.2. The first-order valence-corrected chi connectivity index (χ1v) is 7.17. The maximum atomic E-state index is 14.2. The van der Waals surface area contributed by atoms with Crippen LogP contribution in [0.1, 0.15) is 0 Å². The van der Waals surface area contributed by atoms with Crippen molar-refractivity contribution in [3.05, 3.63) is 48.7 Å². The number of carboxylic acids is 1. The molecular weight excluding hydrogens is 365 g/mol. The highest BCUT2D eigenvalue weighted by Gasteiger charge is 2.18. The molecule has 0 amide bonds. The van der Waals surface area contributed by atoms with Crippen molar-refractivity contribution in [3.8, 4) is 11.4 Å². The van der Waals surface area contributed by atoms with E-state index in [9.17, 15) is 18.8 Å². The molecule has 0 unspecified atom stereocenters. The number of aromatic nitrogens is 3. The van der Waals surface area contributed by atoms with Crippen LogP contribution in [0.25, 0.3) is 5.69 Å². The van der Waals surface area contributed by atoms with E-state index in [4.69, 9.17) is 33.7 Å². The minimum absolute atomic E-state index is 0.0435. The van der Waals surface area contributed by atoms with Crippen LogP contribution in [0.5, 0.6) is 5.75 Å². The van der Waals surface area contributed by atoms with Gasteiger partial charge in [0.25, 0.3) is 0 Å². The molecule has 8 nitrogen and oxygen atoms in total. The molecule has 1 aromatic carbocycles. The van der Waals surface area contributed by atoms with Gasteiger partial charge in [-0.1, -0.05) is 11.6 Å². The first-order valence-electron chi connectivity index (χ1n) is 6.38. The third-order valence-corrected chi connectivity index (χ3v) is 3.97. The molecule has 24 heavy (non-hydrogen) atoms. The van der Waals surface area contributed by atoms with Crippen molar-refractivity contribution in [3.63, 3.8) is 0 Å². The van der Waals surface area contributed by atoms with Crippen LogP contribution in [-0.2, 0) is 18.9 Å². The van der Waals surface area contributed by atoms with Gasteiger partial charge >= 0.3 is 17.3 Å². The van der Waals surface area contributed by atoms with Gasteiger partial charge in [-0.25, -0.2) is 23.3 Å². The average molecular weight is 376 g/mol. The molecule has 1 aromatic heterocycles. The molecule has 1 N–H and O–H groups in total. The summed E-state index contributed by atoms with van der Waals surface area (Å²) in [4.78, 5) is 35.2. The van der Waals surface area contributed by atoms with Gasteiger partial charge in [-0.2, -0.15) is 0 Å². The second kappa shape index (κ2) is 6.57. The number of hydrogen-bond donors (Lipinski definition) is 1.